The van der Waals surface area contributed by atoms with E-state index in [0.717, 1.165) is 12.8 Å². The number of aliphatic hydroxyl groups excluding tert-OH is 1. The van der Waals surface area contributed by atoms with Gasteiger partial charge in [-0.2, -0.15) is 0 Å². The summed E-state index contributed by atoms with van der Waals surface area (Å²) in [7, 11) is 0. The first-order valence-corrected chi connectivity index (χ1v) is 7.88. The highest BCUT2D eigenvalue weighted by molar-refractivity contribution is 5.92. The maximum Gasteiger partial charge on any atom is 0.289 e. The van der Waals surface area contributed by atoms with Crippen molar-refractivity contribution >= 4 is 5.91 Å². The number of carbonyl (C=O) groups excluding carboxylic acids is 1. The number of nitrogens with zero attached hydrogens (tertiary/aromatic N) is 1. The largest absolute Gasteiger partial charge is 0.451 e. The summed E-state index contributed by atoms with van der Waals surface area (Å²) in [6.07, 6.45) is 1.90. The van der Waals surface area contributed by atoms with Gasteiger partial charge in [-0.05, 0) is 43.0 Å². The number of benzene rings is 1. The lowest BCUT2D eigenvalue weighted by Crippen LogP contribution is -2.49. The zero-order valence-electron chi connectivity index (χ0n) is 13.0. The van der Waals surface area contributed by atoms with E-state index in [1.165, 1.54) is 6.07 Å². The van der Waals surface area contributed by atoms with E-state index in [0.29, 0.717) is 17.9 Å². The molecule has 0 aliphatic carbocycles. The molecular weight excluding hydrogens is 297 g/mol. The molecule has 122 valence electrons. The van der Waals surface area contributed by atoms with E-state index in [-0.39, 0.29) is 36.1 Å². The van der Waals surface area contributed by atoms with E-state index in [9.17, 15) is 14.3 Å². The van der Waals surface area contributed by atoms with Crippen molar-refractivity contribution in [2.24, 2.45) is 5.92 Å². The van der Waals surface area contributed by atoms with Crippen molar-refractivity contribution in [3.05, 3.63) is 48.0 Å². The average molecular weight is 317 g/mol. The molecule has 1 amide bonds. The highest BCUT2D eigenvalue weighted by Crippen LogP contribution is 2.28. The number of furan rings is 1. The van der Waals surface area contributed by atoms with Gasteiger partial charge in [-0.25, -0.2) is 4.39 Å². The Hall–Kier alpha value is -2.14. The van der Waals surface area contributed by atoms with E-state index >= 15 is 0 Å². The lowest BCUT2D eigenvalue weighted by Gasteiger charge is -2.38. The van der Waals surface area contributed by atoms with Crippen LogP contribution < -0.4 is 0 Å². The number of carbonyl (C=O) groups is 1. The minimum atomic E-state index is -0.388. The van der Waals surface area contributed by atoms with Gasteiger partial charge in [-0.3, -0.25) is 4.79 Å². The number of halogens is 1. The van der Waals surface area contributed by atoms with Crippen LogP contribution in [-0.2, 0) is 0 Å². The zero-order valence-corrected chi connectivity index (χ0v) is 13.0. The molecule has 1 aromatic carbocycles. The lowest BCUT2D eigenvalue weighted by atomic mass is 9.91. The Kier molecular flexibility index (Phi) is 4.48. The third-order valence-corrected chi connectivity index (χ3v) is 4.52. The number of likely N-dealkylation sites (tertiary alicyclic amines) is 1. The molecule has 0 saturated carbocycles. The first kappa shape index (κ1) is 15.7. The van der Waals surface area contributed by atoms with E-state index in [2.05, 4.69) is 0 Å². The molecule has 2 unspecified atom stereocenters. The summed E-state index contributed by atoms with van der Waals surface area (Å²) in [5, 5.41) is 9.57. The van der Waals surface area contributed by atoms with Gasteiger partial charge in [0.1, 0.15) is 11.6 Å². The molecule has 5 heteroatoms. The van der Waals surface area contributed by atoms with Crippen molar-refractivity contribution in [1.82, 2.24) is 4.90 Å². The SMILES string of the molecule is CC1CCCN(C(=O)c2ccc(-c3ccccc3F)o2)C1CO. The molecule has 4 nitrogen and oxygen atoms in total. The number of hydrogen-bond donors (Lipinski definition) is 1. The number of amides is 1. The molecule has 1 N–H and O–H groups in total. The van der Waals surface area contributed by atoms with Crippen LogP contribution in [0.4, 0.5) is 4.39 Å². The highest BCUT2D eigenvalue weighted by Gasteiger charge is 2.33. The smallest absolute Gasteiger partial charge is 0.289 e. The molecule has 23 heavy (non-hydrogen) atoms. The molecule has 2 atom stereocenters. The van der Waals surface area contributed by atoms with Crippen molar-refractivity contribution in [2.45, 2.75) is 25.8 Å². The summed E-state index contributed by atoms with van der Waals surface area (Å²) in [6.45, 7) is 2.57. The van der Waals surface area contributed by atoms with Crippen molar-refractivity contribution in [1.29, 1.82) is 0 Å². The Morgan fingerprint density at radius 2 is 2.13 bits per heavy atom. The third kappa shape index (κ3) is 3.01. The summed E-state index contributed by atoms with van der Waals surface area (Å²) in [5.41, 5.74) is 0.331. The van der Waals surface area contributed by atoms with E-state index in [1.54, 1.807) is 35.2 Å². The summed E-state index contributed by atoms with van der Waals surface area (Å²) >= 11 is 0. The van der Waals surface area contributed by atoms with Gasteiger partial charge in [0.2, 0.25) is 0 Å². The lowest BCUT2D eigenvalue weighted by molar-refractivity contribution is 0.0332. The first-order valence-electron chi connectivity index (χ1n) is 7.88. The second kappa shape index (κ2) is 6.54. The summed E-state index contributed by atoms with van der Waals surface area (Å²) < 4.78 is 19.4. The van der Waals surface area contributed by atoms with Crippen LogP contribution in [0, 0.1) is 11.7 Å². The standard InChI is InChI=1S/C18H20FNO3/c1-12-5-4-10-20(15(12)11-21)18(22)17-9-8-16(23-17)13-6-2-3-7-14(13)19/h2-3,6-9,12,15,21H,4-5,10-11H2,1H3. The number of aliphatic hydroxyl groups is 1. The van der Waals surface area contributed by atoms with Crippen LogP contribution in [0.2, 0.25) is 0 Å². The predicted octanol–water partition coefficient (Wildman–Crippen LogP) is 3.32. The molecule has 3 rings (SSSR count). The minimum Gasteiger partial charge on any atom is -0.451 e. The van der Waals surface area contributed by atoms with Crippen LogP contribution in [0.25, 0.3) is 11.3 Å². The van der Waals surface area contributed by atoms with Crippen LogP contribution in [0.15, 0.2) is 40.8 Å². The molecule has 1 aromatic heterocycles. The maximum absolute atomic E-state index is 13.8. The molecule has 1 saturated heterocycles. The van der Waals surface area contributed by atoms with Crippen molar-refractivity contribution in [3.63, 3.8) is 0 Å². The zero-order chi connectivity index (χ0) is 16.4. The molecule has 0 radical (unpaired) electrons. The molecule has 0 bridgehead atoms. The van der Waals surface area contributed by atoms with Crippen LogP contribution in [0.5, 0.6) is 0 Å². The first-order chi connectivity index (χ1) is 11.1. The molecular formula is C18H20FNO3. The monoisotopic (exact) mass is 317 g/mol. The normalized spacial score (nSPS) is 21.4. The van der Waals surface area contributed by atoms with Gasteiger partial charge in [0, 0.05) is 6.54 Å². The quantitative estimate of drug-likeness (QED) is 0.945. The van der Waals surface area contributed by atoms with Gasteiger partial charge < -0.3 is 14.4 Å². The van der Waals surface area contributed by atoms with Gasteiger partial charge in [-0.1, -0.05) is 19.1 Å². The molecule has 2 aromatic rings. The van der Waals surface area contributed by atoms with Crippen molar-refractivity contribution in [2.75, 3.05) is 13.2 Å². The Labute approximate surface area is 134 Å². The fourth-order valence-electron chi connectivity index (χ4n) is 3.18. The van der Waals surface area contributed by atoms with Crippen LogP contribution >= 0.6 is 0 Å². The van der Waals surface area contributed by atoms with Crippen molar-refractivity contribution in [3.8, 4) is 11.3 Å². The summed E-state index contributed by atoms with van der Waals surface area (Å²) in [6, 6.07) is 9.27. The maximum atomic E-state index is 13.8. The number of piperidine rings is 1. The van der Waals surface area contributed by atoms with Gasteiger partial charge in [-0.15, -0.1) is 0 Å². The molecule has 1 fully saturated rings. The Morgan fingerprint density at radius 1 is 1.35 bits per heavy atom. The fourth-order valence-corrected chi connectivity index (χ4v) is 3.18. The molecule has 1 aliphatic rings. The molecule has 0 spiro atoms. The number of hydrogen-bond acceptors (Lipinski definition) is 3. The predicted molar refractivity (Wildman–Crippen MR) is 84.4 cm³/mol. The average Bonchev–Trinajstić information content (AvgIpc) is 3.04. The van der Waals surface area contributed by atoms with E-state index in [4.69, 9.17) is 4.42 Å². The van der Waals surface area contributed by atoms with Gasteiger partial charge in [0.15, 0.2) is 5.76 Å². The van der Waals surface area contributed by atoms with Crippen LogP contribution in [0.3, 0.4) is 0 Å². The van der Waals surface area contributed by atoms with Crippen LogP contribution in [-0.4, -0.2) is 35.1 Å². The fraction of sp³-hybridized carbons (Fsp3) is 0.389. The van der Waals surface area contributed by atoms with Gasteiger partial charge in [0.05, 0.1) is 18.2 Å². The Morgan fingerprint density at radius 3 is 2.87 bits per heavy atom. The second-order valence-corrected chi connectivity index (χ2v) is 6.01. The highest BCUT2D eigenvalue weighted by atomic mass is 19.1. The summed E-state index contributed by atoms with van der Waals surface area (Å²) in [5.74, 6) is 0.116. The van der Waals surface area contributed by atoms with E-state index < -0.39 is 0 Å². The second-order valence-electron chi connectivity index (χ2n) is 6.01. The summed E-state index contributed by atoms with van der Waals surface area (Å²) in [4.78, 5) is 14.3. The third-order valence-electron chi connectivity index (χ3n) is 4.52. The van der Waals surface area contributed by atoms with Gasteiger partial charge in [0.25, 0.3) is 5.91 Å². The van der Waals surface area contributed by atoms with E-state index in [1.807, 2.05) is 6.92 Å². The minimum absolute atomic E-state index is 0.0617. The Bertz CT molecular complexity index is 697. The van der Waals surface area contributed by atoms with Crippen LogP contribution in [0.1, 0.15) is 30.3 Å². The topological polar surface area (TPSA) is 53.7 Å². The Balaban J connectivity index is 1.85. The van der Waals surface area contributed by atoms with Crippen molar-refractivity contribution < 1.29 is 18.7 Å². The molecule has 1 aliphatic heterocycles. The molecule has 2 heterocycles. The number of rotatable bonds is 3. The van der Waals surface area contributed by atoms with Gasteiger partial charge >= 0.3 is 0 Å².